The predicted molar refractivity (Wildman–Crippen MR) is 120 cm³/mol. The number of amides is 2. The lowest BCUT2D eigenvalue weighted by atomic mass is 9.99. The fourth-order valence-corrected chi connectivity index (χ4v) is 3.69. The zero-order valence-electron chi connectivity index (χ0n) is 18.5. The van der Waals surface area contributed by atoms with Crippen LogP contribution in [0.15, 0.2) is 36.7 Å². The van der Waals surface area contributed by atoms with Crippen molar-refractivity contribution < 1.29 is 19.1 Å². The number of aromatic nitrogens is 2. The summed E-state index contributed by atoms with van der Waals surface area (Å²) in [6, 6.07) is 7.77. The van der Waals surface area contributed by atoms with Crippen LogP contribution in [0.1, 0.15) is 43.1 Å². The van der Waals surface area contributed by atoms with Gasteiger partial charge in [0.2, 0.25) is 5.88 Å². The van der Waals surface area contributed by atoms with Crippen molar-refractivity contribution in [3.63, 3.8) is 0 Å². The zero-order chi connectivity index (χ0) is 22.9. The molecule has 0 saturated heterocycles. The van der Waals surface area contributed by atoms with E-state index in [1.807, 2.05) is 51.1 Å². The van der Waals surface area contributed by atoms with Crippen LogP contribution in [-0.2, 0) is 4.74 Å². The van der Waals surface area contributed by atoms with E-state index in [1.165, 1.54) is 6.33 Å². The molecular formula is C23H27N5O4. The number of benzene rings is 1. The Bertz CT molecular complexity index is 1060. The quantitative estimate of drug-likeness (QED) is 0.768. The molecule has 3 heterocycles. The van der Waals surface area contributed by atoms with Crippen LogP contribution < -0.4 is 15.4 Å². The summed E-state index contributed by atoms with van der Waals surface area (Å²) in [5.74, 6) is 0.0298. The number of ether oxygens (including phenoxy) is 2. The molecule has 0 aliphatic carbocycles. The first-order valence-corrected chi connectivity index (χ1v) is 10.6. The van der Waals surface area contributed by atoms with Crippen LogP contribution in [0, 0.1) is 0 Å². The van der Waals surface area contributed by atoms with Crippen LogP contribution in [0.3, 0.4) is 0 Å². The molecule has 1 aromatic heterocycles. The van der Waals surface area contributed by atoms with Crippen molar-refractivity contribution in [3.8, 4) is 5.88 Å². The third kappa shape index (κ3) is 4.51. The molecule has 0 radical (unpaired) electrons. The molecule has 0 saturated carbocycles. The molecule has 4 rings (SSSR count). The molecule has 2 N–H and O–H groups in total. The minimum Gasteiger partial charge on any atom is -0.475 e. The third-order valence-corrected chi connectivity index (χ3v) is 5.27. The number of hydrogen-bond acceptors (Lipinski definition) is 7. The molecule has 2 aliphatic rings. The molecule has 32 heavy (non-hydrogen) atoms. The maximum absolute atomic E-state index is 13.1. The van der Waals surface area contributed by atoms with Crippen LogP contribution in [0.25, 0.3) is 5.57 Å². The Labute approximate surface area is 186 Å². The highest BCUT2D eigenvalue weighted by atomic mass is 16.6. The van der Waals surface area contributed by atoms with Crippen LogP contribution in [-0.4, -0.2) is 58.7 Å². The van der Waals surface area contributed by atoms with E-state index < -0.39 is 5.60 Å². The molecule has 2 amide bonds. The van der Waals surface area contributed by atoms with Crippen molar-refractivity contribution in [1.82, 2.24) is 14.9 Å². The van der Waals surface area contributed by atoms with Crippen molar-refractivity contribution in [3.05, 3.63) is 47.8 Å². The standard InChI is InChI=1S/C23H27N5O4/c1-23(2,3)32-22(30)27-10-8-16(9-11-27)15-4-6-17(7-5-15)28-12-13-31-20-18(21(28)29)19(24)25-14-26-20/h4-8,14H,9-13H2,1-3H3,(H2,24,25,26). The minimum atomic E-state index is -0.510. The molecule has 1 aromatic carbocycles. The fourth-order valence-electron chi connectivity index (χ4n) is 3.69. The average molecular weight is 438 g/mol. The van der Waals surface area contributed by atoms with Gasteiger partial charge in [-0.2, -0.15) is 0 Å². The monoisotopic (exact) mass is 437 g/mol. The molecule has 2 aromatic rings. The van der Waals surface area contributed by atoms with Gasteiger partial charge in [0, 0.05) is 18.8 Å². The Morgan fingerprint density at radius 2 is 1.91 bits per heavy atom. The number of carbonyl (C=O) groups is 2. The number of nitrogens with zero attached hydrogens (tertiary/aromatic N) is 4. The number of nitrogens with two attached hydrogens (primary N) is 1. The van der Waals surface area contributed by atoms with Crippen molar-refractivity contribution in [2.45, 2.75) is 32.8 Å². The highest BCUT2D eigenvalue weighted by molar-refractivity contribution is 6.10. The molecule has 0 atom stereocenters. The molecular weight excluding hydrogens is 410 g/mol. The van der Waals surface area contributed by atoms with Gasteiger partial charge in [0.15, 0.2) is 0 Å². The molecule has 168 valence electrons. The van der Waals surface area contributed by atoms with Gasteiger partial charge in [-0.3, -0.25) is 4.79 Å². The van der Waals surface area contributed by atoms with E-state index in [0.717, 1.165) is 23.2 Å². The topological polar surface area (TPSA) is 111 Å². The Balaban J connectivity index is 1.48. The first kappa shape index (κ1) is 21.6. The zero-order valence-corrected chi connectivity index (χ0v) is 18.5. The second-order valence-electron chi connectivity index (χ2n) is 8.70. The van der Waals surface area contributed by atoms with E-state index in [0.29, 0.717) is 26.2 Å². The van der Waals surface area contributed by atoms with Crippen LogP contribution in [0.2, 0.25) is 0 Å². The normalized spacial score (nSPS) is 16.6. The number of fused-ring (bicyclic) bond motifs is 1. The van der Waals surface area contributed by atoms with Gasteiger partial charge in [-0.25, -0.2) is 14.8 Å². The highest BCUT2D eigenvalue weighted by Gasteiger charge is 2.29. The molecule has 2 aliphatic heterocycles. The summed E-state index contributed by atoms with van der Waals surface area (Å²) in [6.07, 6.45) is 3.76. The predicted octanol–water partition coefficient (Wildman–Crippen LogP) is 3.12. The Kier molecular flexibility index (Phi) is 5.73. The summed E-state index contributed by atoms with van der Waals surface area (Å²) < 4.78 is 11.0. The summed E-state index contributed by atoms with van der Waals surface area (Å²) in [7, 11) is 0. The van der Waals surface area contributed by atoms with Crippen molar-refractivity contribution in [2.75, 3.05) is 36.9 Å². The van der Waals surface area contributed by atoms with Gasteiger partial charge in [-0.15, -0.1) is 0 Å². The van der Waals surface area contributed by atoms with Gasteiger partial charge in [0.1, 0.15) is 29.9 Å². The van der Waals surface area contributed by atoms with Gasteiger partial charge >= 0.3 is 6.09 Å². The van der Waals surface area contributed by atoms with Gasteiger partial charge in [0.25, 0.3) is 5.91 Å². The lowest BCUT2D eigenvalue weighted by molar-refractivity contribution is 0.0270. The number of anilines is 2. The first-order valence-electron chi connectivity index (χ1n) is 10.6. The summed E-state index contributed by atoms with van der Waals surface area (Å²) in [6.45, 7) is 7.37. The summed E-state index contributed by atoms with van der Waals surface area (Å²) in [4.78, 5) is 36.6. The van der Waals surface area contributed by atoms with Gasteiger partial charge < -0.3 is 25.0 Å². The highest BCUT2D eigenvalue weighted by Crippen LogP contribution is 2.29. The molecule has 0 spiro atoms. The van der Waals surface area contributed by atoms with E-state index in [2.05, 4.69) is 9.97 Å². The number of rotatable bonds is 2. The second-order valence-corrected chi connectivity index (χ2v) is 8.70. The van der Waals surface area contributed by atoms with Gasteiger partial charge in [-0.05, 0) is 50.5 Å². The van der Waals surface area contributed by atoms with Crippen molar-refractivity contribution in [1.29, 1.82) is 0 Å². The second kappa shape index (κ2) is 8.49. The Morgan fingerprint density at radius 1 is 1.16 bits per heavy atom. The minimum absolute atomic E-state index is 0.102. The Hall–Kier alpha value is -3.62. The number of carbonyl (C=O) groups excluding carboxylic acids is 2. The first-order chi connectivity index (χ1) is 15.2. The van der Waals surface area contributed by atoms with Crippen LogP contribution >= 0.6 is 0 Å². The number of nitrogen functional groups attached to an aromatic ring is 1. The Morgan fingerprint density at radius 3 is 2.56 bits per heavy atom. The summed E-state index contributed by atoms with van der Waals surface area (Å²) >= 11 is 0. The average Bonchev–Trinajstić information content (AvgIpc) is 2.92. The smallest absolute Gasteiger partial charge is 0.410 e. The maximum Gasteiger partial charge on any atom is 0.410 e. The molecule has 0 unspecified atom stereocenters. The van der Waals surface area contributed by atoms with E-state index in [-0.39, 0.29) is 29.3 Å². The van der Waals surface area contributed by atoms with Gasteiger partial charge in [0.05, 0.1) is 6.54 Å². The van der Waals surface area contributed by atoms with E-state index in [9.17, 15) is 9.59 Å². The third-order valence-electron chi connectivity index (χ3n) is 5.27. The summed E-state index contributed by atoms with van der Waals surface area (Å²) in [5, 5.41) is 0. The van der Waals surface area contributed by atoms with Crippen molar-refractivity contribution >= 4 is 29.1 Å². The fraction of sp³-hybridized carbons (Fsp3) is 0.391. The maximum atomic E-state index is 13.1. The molecule has 0 bridgehead atoms. The largest absolute Gasteiger partial charge is 0.475 e. The molecule has 0 fully saturated rings. The number of hydrogen-bond donors (Lipinski definition) is 1. The van der Waals surface area contributed by atoms with E-state index in [1.54, 1.807) is 9.80 Å². The summed E-state index contributed by atoms with van der Waals surface area (Å²) in [5.41, 5.74) is 8.54. The van der Waals surface area contributed by atoms with Crippen molar-refractivity contribution in [2.24, 2.45) is 0 Å². The molecule has 9 heteroatoms. The lowest BCUT2D eigenvalue weighted by Crippen LogP contribution is -2.39. The SMILES string of the molecule is CC(C)(C)OC(=O)N1CC=C(c2ccc(N3CCOc4ncnc(N)c4C3=O)cc2)CC1. The lowest BCUT2D eigenvalue weighted by Gasteiger charge is -2.29. The van der Waals surface area contributed by atoms with E-state index in [4.69, 9.17) is 15.2 Å². The van der Waals surface area contributed by atoms with Crippen LogP contribution in [0.4, 0.5) is 16.3 Å². The van der Waals surface area contributed by atoms with Gasteiger partial charge in [-0.1, -0.05) is 18.2 Å². The molecule has 9 nitrogen and oxygen atoms in total. The van der Waals surface area contributed by atoms with Crippen LogP contribution in [0.5, 0.6) is 5.88 Å². The van der Waals surface area contributed by atoms with E-state index >= 15 is 0 Å².